The second-order valence-corrected chi connectivity index (χ2v) is 7.27. The van der Waals surface area contributed by atoms with Gasteiger partial charge in [0.15, 0.2) is 5.13 Å². The second-order valence-electron chi connectivity index (χ2n) is 5.48. The number of aromatic nitrogens is 2. The van der Waals surface area contributed by atoms with Crippen LogP contribution in [0.3, 0.4) is 0 Å². The van der Waals surface area contributed by atoms with Gasteiger partial charge in [0, 0.05) is 11.8 Å². The molecule has 0 saturated carbocycles. The van der Waals surface area contributed by atoms with Crippen molar-refractivity contribution in [2.45, 2.75) is 13.0 Å². The summed E-state index contributed by atoms with van der Waals surface area (Å²) in [5.74, 6) is -1.60. The summed E-state index contributed by atoms with van der Waals surface area (Å²) in [6.45, 7) is 1.57. The minimum atomic E-state index is -0.816. The Kier molecular flexibility index (Phi) is 5.24. The number of rotatable bonds is 6. The molecule has 0 bridgehead atoms. The number of nitrogens with zero attached hydrogens (tertiary/aromatic N) is 3. The van der Waals surface area contributed by atoms with Crippen molar-refractivity contribution in [2.24, 2.45) is 5.73 Å². The molecule has 0 spiro atoms. The molecule has 0 saturated heterocycles. The second kappa shape index (κ2) is 7.45. The van der Waals surface area contributed by atoms with Gasteiger partial charge in [-0.25, -0.2) is 9.37 Å². The molecule has 3 rings (SSSR count). The van der Waals surface area contributed by atoms with Gasteiger partial charge in [-0.15, -0.1) is 0 Å². The van der Waals surface area contributed by atoms with E-state index in [1.807, 2.05) is 0 Å². The van der Waals surface area contributed by atoms with Gasteiger partial charge in [0.25, 0.3) is 0 Å². The van der Waals surface area contributed by atoms with E-state index in [1.165, 1.54) is 35.2 Å². The molecule has 1 unspecified atom stereocenters. The molecule has 1 amide bonds. The zero-order valence-corrected chi connectivity index (χ0v) is 16.3. The van der Waals surface area contributed by atoms with Crippen LogP contribution in [-0.2, 0) is 4.79 Å². The van der Waals surface area contributed by atoms with Crippen LogP contribution in [0.4, 0.5) is 21.0 Å². The lowest BCUT2D eigenvalue weighted by molar-refractivity contribution is -0.118. The molecule has 2 heterocycles. The molecule has 0 aliphatic heterocycles. The highest BCUT2D eigenvalue weighted by Crippen LogP contribution is 2.36. The Balaban J connectivity index is 2.04. The molecule has 140 valence electrons. The van der Waals surface area contributed by atoms with Gasteiger partial charge in [0.05, 0.1) is 0 Å². The maximum absolute atomic E-state index is 13.3. The van der Waals surface area contributed by atoms with E-state index in [0.717, 1.165) is 11.3 Å². The van der Waals surface area contributed by atoms with Crippen molar-refractivity contribution in [3.63, 3.8) is 0 Å². The average molecular weight is 454 g/mol. The van der Waals surface area contributed by atoms with Gasteiger partial charge in [-0.05, 0) is 47.1 Å². The molecule has 11 heteroatoms. The summed E-state index contributed by atoms with van der Waals surface area (Å²) in [4.78, 5) is 30.1. The number of carbonyl (C=O) groups excluding carboxylic acids is 2. The lowest BCUT2D eigenvalue weighted by Crippen LogP contribution is -2.39. The van der Waals surface area contributed by atoms with Crippen LogP contribution in [0.5, 0.6) is 0 Å². The molecule has 0 radical (unpaired) electrons. The van der Waals surface area contributed by atoms with E-state index in [4.69, 9.17) is 16.0 Å². The highest BCUT2D eigenvalue weighted by Gasteiger charge is 2.28. The SMILES string of the molecule is CC(C(N)=O)N(c1ccc(F)cc1)c1nc(N)c(C(=O)c2cc(Br)no2)s1. The summed E-state index contributed by atoms with van der Waals surface area (Å²) in [5.41, 5.74) is 11.8. The summed E-state index contributed by atoms with van der Waals surface area (Å²) >= 11 is 4.06. The normalized spacial score (nSPS) is 12.0. The summed E-state index contributed by atoms with van der Waals surface area (Å²) in [7, 11) is 0. The first-order valence-corrected chi connectivity index (χ1v) is 9.16. The zero-order chi connectivity index (χ0) is 19.7. The molecular weight excluding hydrogens is 441 g/mol. The number of nitrogens with two attached hydrogens (primary N) is 2. The standard InChI is InChI=1S/C16H13BrFN5O3S/c1-7(15(20)25)23(9-4-2-8(18)3-5-9)16-21-14(19)13(27-16)12(24)10-6-11(17)22-26-10/h2-7H,19H2,1H3,(H2,20,25). The molecule has 0 fully saturated rings. The Morgan fingerprint density at radius 3 is 2.56 bits per heavy atom. The van der Waals surface area contributed by atoms with Crippen molar-refractivity contribution >= 4 is 55.6 Å². The van der Waals surface area contributed by atoms with Crippen LogP contribution in [0.25, 0.3) is 0 Å². The average Bonchev–Trinajstić information content (AvgIpc) is 3.22. The van der Waals surface area contributed by atoms with Crippen LogP contribution in [-0.4, -0.2) is 27.9 Å². The van der Waals surface area contributed by atoms with Gasteiger partial charge in [-0.3, -0.25) is 9.59 Å². The number of carbonyl (C=O) groups is 2. The van der Waals surface area contributed by atoms with Gasteiger partial charge in [-0.1, -0.05) is 16.5 Å². The Morgan fingerprint density at radius 2 is 2.00 bits per heavy atom. The van der Waals surface area contributed by atoms with E-state index in [2.05, 4.69) is 26.1 Å². The van der Waals surface area contributed by atoms with Crippen LogP contribution in [0.2, 0.25) is 0 Å². The predicted octanol–water partition coefficient (Wildman–Crippen LogP) is 2.86. The fraction of sp³-hybridized carbons (Fsp3) is 0.125. The lowest BCUT2D eigenvalue weighted by Gasteiger charge is -2.26. The van der Waals surface area contributed by atoms with Crippen molar-refractivity contribution in [2.75, 3.05) is 10.6 Å². The van der Waals surface area contributed by atoms with Gasteiger partial charge < -0.3 is 20.9 Å². The van der Waals surface area contributed by atoms with Gasteiger partial charge in [-0.2, -0.15) is 0 Å². The van der Waals surface area contributed by atoms with E-state index < -0.39 is 23.5 Å². The zero-order valence-electron chi connectivity index (χ0n) is 13.8. The van der Waals surface area contributed by atoms with Crippen molar-refractivity contribution < 1.29 is 18.5 Å². The molecule has 3 aromatic rings. The van der Waals surface area contributed by atoms with Crippen molar-refractivity contribution in [1.29, 1.82) is 0 Å². The van der Waals surface area contributed by atoms with Crippen LogP contribution in [0, 0.1) is 5.82 Å². The van der Waals surface area contributed by atoms with Gasteiger partial charge in [0.1, 0.15) is 27.2 Å². The van der Waals surface area contributed by atoms with Crippen LogP contribution in [0.15, 0.2) is 39.5 Å². The highest BCUT2D eigenvalue weighted by molar-refractivity contribution is 9.10. The van der Waals surface area contributed by atoms with E-state index in [9.17, 15) is 14.0 Å². The lowest BCUT2D eigenvalue weighted by atomic mass is 10.2. The van der Waals surface area contributed by atoms with Gasteiger partial charge >= 0.3 is 0 Å². The van der Waals surface area contributed by atoms with E-state index in [0.29, 0.717) is 10.3 Å². The Bertz CT molecular complexity index is 1000. The Hall–Kier alpha value is -2.79. The third-order valence-electron chi connectivity index (χ3n) is 3.66. The quantitative estimate of drug-likeness (QED) is 0.548. The van der Waals surface area contributed by atoms with Crippen molar-refractivity contribution in [3.05, 3.63) is 51.4 Å². The largest absolute Gasteiger partial charge is 0.382 e. The summed E-state index contributed by atoms with van der Waals surface area (Å²) in [5, 5.41) is 3.86. The third kappa shape index (κ3) is 3.83. The smallest absolute Gasteiger partial charge is 0.244 e. The van der Waals surface area contributed by atoms with Crippen molar-refractivity contribution in [1.82, 2.24) is 10.1 Å². The Labute approximate surface area is 165 Å². The minimum Gasteiger partial charge on any atom is -0.382 e. The van der Waals surface area contributed by atoms with E-state index >= 15 is 0 Å². The predicted molar refractivity (Wildman–Crippen MR) is 101 cm³/mol. The van der Waals surface area contributed by atoms with Crippen LogP contribution < -0.4 is 16.4 Å². The number of thiazole rings is 1. The number of hydrogen-bond acceptors (Lipinski definition) is 8. The summed E-state index contributed by atoms with van der Waals surface area (Å²) < 4.78 is 18.6. The summed E-state index contributed by atoms with van der Waals surface area (Å²) in [6, 6.07) is 6.02. The van der Waals surface area contributed by atoms with Crippen molar-refractivity contribution in [3.8, 4) is 0 Å². The highest BCUT2D eigenvalue weighted by atomic mass is 79.9. The monoisotopic (exact) mass is 453 g/mol. The number of benzene rings is 1. The molecular formula is C16H13BrFN5O3S. The maximum atomic E-state index is 13.3. The van der Waals surface area contributed by atoms with E-state index in [-0.39, 0.29) is 21.6 Å². The molecule has 0 aliphatic rings. The molecule has 0 aliphatic carbocycles. The number of ketones is 1. The molecule has 1 aromatic carbocycles. The number of anilines is 3. The molecule has 4 N–H and O–H groups in total. The molecule has 8 nitrogen and oxygen atoms in total. The summed E-state index contributed by atoms with van der Waals surface area (Å²) in [6.07, 6.45) is 0. The first-order chi connectivity index (χ1) is 12.8. The number of halogens is 2. The number of amides is 1. The minimum absolute atomic E-state index is 0.0138. The first kappa shape index (κ1) is 19.0. The first-order valence-electron chi connectivity index (χ1n) is 7.55. The number of primary amides is 1. The van der Waals surface area contributed by atoms with E-state index in [1.54, 1.807) is 6.92 Å². The molecule has 2 aromatic heterocycles. The Morgan fingerprint density at radius 1 is 1.33 bits per heavy atom. The molecule has 27 heavy (non-hydrogen) atoms. The molecule has 1 atom stereocenters. The maximum Gasteiger partial charge on any atom is 0.244 e. The van der Waals surface area contributed by atoms with Crippen LogP contribution in [0.1, 0.15) is 22.4 Å². The number of nitrogen functional groups attached to an aromatic ring is 1. The van der Waals surface area contributed by atoms with Crippen LogP contribution >= 0.6 is 27.3 Å². The number of hydrogen-bond donors (Lipinski definition) is 2. The fourth-order valence-electron chi connectivity index (χ4n) is 2.29. The van der Waals surface area contributed by atoms with Gasteiger partial charge in [0.2, 0.25) is 17.5 Å². The topological polar surface area (TPSA) is 128 Å². The third-order valence-corrected chi connectivity index (χ3v) is 5.11. The fourth-order valence-corrected chi connectivity index (χ4v) is 3.60.